The fourth-order valence-corrected chi connectivity index (χ4v) is 1.36. The maximum Gasteiger partial charge on any atom is 0.264 e. The van der Waals surface area contributed by atoms with Crippen molar-refractivity contribution in [3.05, 3.63) is 64.1 Å². The molecule has 0 atom stereocenters. The van der Waals surface area contributed by atoms with Crippen molar-refractivity contribution in [2.75, 3.05) is 0 Å². The number of carbonyl (C=O) groups excluding carboxylic acids is 1. The first-order valence-electron chi connectivity index (χ1n) is 4.88. The normalized spacial score (nSPS) is 10.0. The molecule has 0 aliphatic carbocycles. The molecule has 80 valence electrons. The van der Waals surface area contributed by atoms with E-state index in [9.17, 15) is 9.59 Å². The molecular formula is C12H10N2O2. The lowest BCUT2D eigenvalue weighted by atomic mass is 10.1. The van der Waals surface area contributed by atoms with Gasteiger partial charge in [0.15, 0.2) is 5.78 Å². The molecule has 0 amide bonds. The molecule has 1 N–H and O–H groups in total. The number of ketones is 1. The molecule has 2 aromatic rings. The van der Waals surface area contributed by atoms with Crippen LogP contribution in [0.1, 0.15) is 16.1 Å². The first-order chi connectivity index (χ1) is 7.75. The van der Waals surface area contributed by atoms with Gasteiger partial charge < -0.3 is 0 Å². The van der Waals surface area contributed by atoms with E-state index in [1.54, 1.807) is 18.2 Å². The van der Waals surface area contributed by atoms with Gasteiger partial charge in [-0.05, 0) is 6.07 Å². The molecule has 0 radical (unpaired) electrons. The minimum absolute atomic E-state index is 0.0138. The largest absolute Gasteiger partial charge is 0.294 e. The molecule has 0 fully saturated rings. The Kier molecular flexibility index (Phi) is 2.91. The third-order valence-corrected chi connectivity index (χ3v) is 2.17. The summed E-state index contributed by atoms with van der Waals surface area (Å²) in [6.45, 7) is 0. The lowest BCUT2D eigenvalue weighted by molar-refractivity contribution is 0.0991. The van der Waals surface area contributed by atoms with Crippen molar-refractivity contribution in [1.29, 1.82) is 0 Å². The van der Waals surface area contributed by atoms with Gasteiger partial charge in [-0.15, -0.1) is 0 Å². The minimum atomic E-state index is -0.268. The monoisotopic (exact) mass is 214 g/mol. The van der Waals surface area contributed by atoms with Crippen LogP contribution in [0.4, 0.5) is 0 Å². The van der Waals surface area contributed by atoms with Crippen LogP contribution in [0, 0.1) is 0 Å². The molecule has 0 aliphatic heterocycles. The molecule has 0 bridgehead atoms. The zero-order valence-electron chi connectivity index (χ0n) is 8.51. The highest BCUT2D eigenvalue weighted by Gasteiger charge is 2.06. The Balaban J connectivity index is 2.14. The fraction of sp³-hybridized carbons (Fsp3) is 0.0833. The zero-order chi connectivity index (χ0) is 11.4. The number of nitrogens with zero attached hydrogens (tertiary/aromatic N) is 1. The van der Waals surface area contributed by atoms with E-state index < -0.39 is 0 Å². The van der Waals surface area contributed by atoms with Gasteiger partial charge >= 0.3 is 0 Å². The van der Waals surface area contributed by atoms with Gasteiger partial charge in [0.2, 0.25) is 0 Å². The van der Waals surface area contributed by atoms with Gasteiger partial charge in [0.25, 0.3) is 5.56 Å². The lowest BCUT2D eigenvalue weighted by Gasteiger charge is -1.99. The van der Waals surface area contributed by atoms with Crippen LogP contribution < -0.4 is 5.56 Å². The van der Waals surface area contributed by atoms with Crippen LogP contribution in [0.2, 0.25) is 0 Å². The number of aromatic amines is 1. The Bertz CT molecular complexity index is 526. The first-order valence-corrected chi connectivity index (χ1v) is 4.88. The van der Waals surface area contributed by atoms with Crippen molar-refractivity contribution in [2.45, 2.75) is 6.42 Å². The minimum Gasteiger partial charge on any atom is -0.294 e. The van der Waals surface area contributed by atoms with E-state index in [1.807, 2.05) is 18.2 Å². The van der Waals surface area contributed by atoms with Crippen molar-refractivity contribution >= 4 is 5.78 Å². The third kappa shape index (κ3) is 2.42. The van der Waals surface area contributed by atoms with Gasteiger partial charge in [-0.2, -0.15) is 5.10 Å². The Morgan fingerprint density at radius 1 is 1.12 bits per heavy atom. The maximum atomic E-state index is 11.8. The number of carbonyl (C=O) groups is 1. The summed E-state index contributed by atoms with van der Waals surface area (Å²) >= 11 is 0. The van der Waals surface area contributed by atoms with Crippen molar-refractivity contribution in [1.82, 2.24) is 10.2 Å². The SMILES string of the molecule is O=C(Cc1ccc(=O)[nH]n1)c1ccccc1. The van der Waals surface area contributed by atoms with Gasteiger partial charge in [0, 0.05) is 11.6 Å². The van der Waals surface area contributed by atoms with Crippen LogP contribution in [0.5, 0.6) is 0 Å². The Labute approximate surface area is 91.9 Å². The summed E-state index contributed by atoms with van der Waals surface area (Å²) in [6.07, 6.45) is 0.195. The second kappa shape index (κ2) is 4.53. The molecule has 2 rings (SSSR count). The maximum absolute atomic E-state index is 11.8. The van der Waals surface area contributed by atoms with Gasteiger partial charge in [-0.1, -0.05) is 30.3 Å². The number of Topliss-reactive ketones (excluding diaryl/α,β-unsaturated/α-hetero) is 1. The molecule has 4 heteroatoms. The number of rotatable bonds is 3. The van der Waals surface area contributed by atoms with Crippen LogP contribution in [0.25, 0.3) is 0 Å². The molecule has 0 spiro atoms. The van der Waals surface area contributed by atoms with Crippen LogP contribution in [-0.2, 0) is 6.42 Å². The topological polar surface area (TPSA) is 62.8 Å². The fourth-order valence-electron chi connectivity index (χ4n) is 1.36. The summed E-state index contributed by atoms with van der Waals surface area (Å²) in [5.74, 6) is -0.0138. The van der Waals surface area contributed by atoms with Crippen molar-refractivity contribution in [3.63, 3.8) is 0 Å². The van der Waals surface area contributed by atoms with Crippen molar-refractivity contribution in [3.8, 4) is 0 Å². The van der Waals surface area contributed by atoms with E-state index in [1.165, 1.54) is 6.07 Å². The average Bonchev–Trinajstić information content (AvgIpc) is 2.33. The average molecular weight is 214 g/mol. The van der Waals surface area contributed by atoms with Crippen LogP contribution >= 0.6 is 0 Å². The summed E-state index contributed by atoms with van der Waals surface area (Å²) in [5.41, 5.74) is 0.944. The van der Waals surface area contributed by atoms with E-state index in [0.29, 0.717) is 11.3 Å². The number of aromatic nitrogens is 2. The second-order valence-corrected chi connectivity index (χ2v) is 3.38. The van der Waals surface area contributed by atoms with E-state index in [2.05, 4.69) is 10.2 Å². The van der Waals surface area contributed by atoms with Crippen molar-refractivity contribution in [2.24, 2.45) is 0 Å². The molecule has 0 saturated carbocycles. The molecule has 0 unspecified atom stereocenters. The molecule has 1 heterocycles. The molecule has 1 aromatic carbocycles. The highest BCUT2D eigenvalue weighted by atomic mass is 16.1. The summed E-state index contributed by atoms with van der Waals surface area (Å²) in [4.78, 5) is 22.5. The number of hydrogen-bond acceptors (Lipinski definition) is 3. The van der Waals surface area contributed by atoms with E-state index >= 15 is 0 Å². The molecule has 16 heavy (non-hydrogen) atoms. The third-order valence-electron chi connectivity index (χ3n) is 2.17. The molecule has 0 saturated heterocycles. The number of hydrogen-bond donors (Lipinski definition) is 1. The standard InChI is InChI=1S/C12H10N2O2/c15-11(9-4-2-1-3-5-9)8-10-6-7-12(16)14-13-10/h1-7H,8H2,(H,14,16). The number of H-pyrrole nitrogens is 1. The molecule has 1 aromatic heterocycles. The smallest absolute Gasteiger partial charge is 0.264 e. The second-order valence-electron chi connectivity index (χ2n) is 3.38. The summed E-state index contributed by atoms with van der Waals surface area (Å²) in [6, 6.07) is 11.9. The van der Waals surface area contributed by atoms with Crippen LogP contribution in [-0.4, -0.2) is 16.0 Å². The Morgan fingerprint density at radius 3 is 2.50 bits per heavy atom. The lowest BCUT2D eigenvalue weighted by Crippen LogP contribution is -2.11. The first kappa shape index (κ1) is 10.3. The molecular weight excluding hydrogens is 204 g/mol. The van der Waals surface area contributed by atoms with Crippen LogP contribution in [0.3, 0.4) is 0 Å². The van der Waals surface area contributed by atoms with Gasteiger partial charge in [-0.25, -0.2) is 5.10 Å². The highest BCUT2D eigenvalue weighted by molar-refractivity contribution is 5.97. The Hall–Kier alpha value is -2.23. The van der Waals surface area contributed by atoms with Gasteiger partial charge in [0.05, 0.1) is 12.1 Å². The van der Waals surface area contributed by atoms with Crippen LogP contribution in [0.15, 0.2) is 47.3 Å². The van der Waals surface area contributed by atoms with Gasteiger partial charge in [0.1, 0.15) is 0 Å². The summed E-state index contributed by atoms with van der Waals surface area (Å²) in [7, 11) is 0. The Morgan fingerprint density at radius 2 is 1.88 bits per heavy atom. The summed E-state index contributed by atoms with van der Waals surface area (Å²) < 4.78 is 0. The molecule has 4 nitrogen and oxygen atoms in total. The van der Waals surface area contributed by atoms with Crippen molar-refractivity contribution < 1.29 is 4.79 Å². The quantitative estimate of drug-likeness (QED) is 0.781. The predicted octanol–water partition coefficient (Wildman–Crippen LogP) is 1.20. The highest BCUT2D eigenvalue weighted by Crippen LogP contribution is 2.03. The number of nitrogens with one attached hydrogen (secondary N) is 1. The van der Waals surface area contributed by atoms with Gasteiger partial charge in [-0.3, -0.25) is 9.59 Å². The predicted molar refractivity (Wildman–Crippen MR) is 59.3 cm³/mol. The number of benzene rings is 1. The molecule has 0 aliphatic rings. The van der Waals surface area contributed by atoms with E-state index in [0.717, 1.165) is 0 Å². The van der Waals surface area contributed by atoms with E-state index in [-0.39, 0.29) is 17.8 Å². The van der Waals surface area contributed by atoms with E-state index in [4.69, 9.17) is 0 Å². The summed E-state index contributed by atoms with van der Waals surface area (Å²) in [5, 5.41) is 6.08. The zero-order valence-corrected chi connectivity index (χ0v) is 8.51.